The van der Waals surface area contributed by atoms with Crippen LogP contribution in [0.15, 0.2) is 18.2 Å². The quantitative estimate of drug-likeness (QED) is 0.754. The zero-order valence-electron chi connectivity index (χ0n) is 13.4. The van der Waals surface area contributed by atoms with Crippen LogP contribution >= 0.6 is 0 Å². The molecule has 1 saturated carbocycles. The largest absolute Gasteiger partial charge is 0.493 e. The fourth-order valence-electron chi connectivity index (χ4n) is 2.94. The number of nitrogens with two attached hydrogens (primary N) is 1. The molecule has 5 nitrogen and oxygen atoms in total. The first-order valence-corrected chi connectivity index (χ1v) is 7.88. The fourth-order valence-corrected chi connectivity index (χ4v) is 2.94. The highest BCUT2D eigenvalue weighted by molar-refractivity contribution is 5.78. The lowest BCUT2D eigenvalue weighted by Gasteiger charge is -2.11. The Labute approximate surface area is 132 Å². The highest BCUT2D eigenvalue weighted by Crippen LogP contribution is 2.28. The number of hydrogen-bond donors (Lipinski definition) is 2. The SMILES string of the molecule is COc1ccc(CCCNC(=O)C2CCC(N)C2)cc1OC. The molecule has 1 fully saturated rings. The maximum Gasteiger partial charge on any atom is 0.223 e. The number of hydrogen-bond acceptors (Lipinski definition) is 4. The van der Waals surface area contributed by atoms with E-state index in [1.54, 1.807) is 14.2 Å². The molecule has 2 rings (SSSR count). The summed E-state index contributed by atoms with van der Waals surface area (Å²) in [7, 11) is 3.26. The van der Waals surface area contributed by atoms with Crippen molar-refractivity contribution in [3.05, 3.63) is 23.8 Å². The second kappa shape index (κ2) is 8.03. The smallest absolute Gasteiger partial charge is 0.223 e. The Morgan fingerprint density at radius 2 is 2.05 bits per heavy atom. The van der Waals surface area contributed by atoms with Crippen LogP contribution in [0.2, 0.25) is 0 Å². The van der Waals surface area contributed by atoms with Crippen molar-refractivity contribution >= 4 is 5.91 Å². The molecule has 0 bridgehead atoms. The molecular weight excluding hydrogens is 280 g/mol. The van der Waals surface area contributed by atoms with Crippen LogP contribution in [0.3, 0.4) is 0 Å². The van der Waals surface area contributed by atoms with Gasteiger partial charge in [-0.1, -0.05) is 6.07 Å². The van der Waals surface area contributed by atoms with E-state index in [0.717, 1.165) is 43.6 Å². The van der Waals surface area contributed by atoms with Gasteiger partial charge >= 0.3 is 0 Å². The predicted octanol–water partition coefficient (Wildman–Crippen LogP) is 1.88. The van der Waals surface area contributed by atoms with Gasteiger partial charge in [0.05, 0.1) is 14.2 Å². The van der Waals surface area contributed by atoms with Crippen LogP contribution < -0.4 is 20.5 Å². The first-order valence-electron chi connectivity index (χ1n) is 7.88. The van der Waals surface area contributed by atoms with Crippen molar-refractivity contribution < 1.29 is 14.3 Å². The summed E-state index contributed by atoms with van der Waals surface area (Å²) < 4.78 is 10.5. The first kappa shape index (κ1) is 16.6. The van der Waals surface area contributed by atoms with Crippen molar-refractivity contribution in [3.63, 3.8) is 0 Å². The number of benzene rings is 1. The first-order chi connectivity index (χ1) is 10.6. The molecule has 1 aliphatic rings. The van der Waals surface area contributed by atoms with Crippen LogP contribution in [0.1, 0.15) is 31.2 Å². The summed E-state index contributed by atoms with van der Waals surface area (Å²) in [5.74, 6) is 1.73. The van der Waals surface area contributed by atoms with Crippen molar-refractivity contribution in [3.8, 4) is 11.5 Å². The summed E-state index contributed by atoms with van der Waals surface area (Å²) in [4.78, 5) is 12.0. The summed E-state index contributed by atoms with van der Waals surface area (Å²) in [6, 6.07) is 6.12. The second-order valence-corrected chi connectivity index (χ2v) is 5.85. The molecule has 0 spiro atoms. The minimum absolute atomic E-state index is 0.107. The zero-order chi connectivity index (χ0) is 15.9. The molecule has 0 saturated heterocycles. The average molecular weight is 306 g/mol. The van der Waals surface area contributed by atoms with E-state index in [0.29, 0.717) is 6.54 Å². The molecular formula is C17H26N2O3. The van der Waals surface area contributed by atoms with E-state index in [1.165, 1.54) is 5.56 Å². The molecule has 3 N–H and O–H groups in total. The van der Waals surface area contributed by atoms with Gasteiger partial charge in [-0.05, 0) is 49.8 Å². The summed E-state index contributed by atoms with van der Waals surface area (Å²) in [6.07, 6.45) is 4.50. The van der Waals surface area contributed by atoms with Gasteiger partial charge in [-0.2, -0.15) is 0 Å². The van der Waals surface area contributed by atoms with Crippen molar-refractivity contribution in [2.75, 3.05) is 20.8 Å². The molecule has 1 amide bonds. The summed E-state index contributed by atoms with van der Waals surface area (Å²) in [5, 5.41) is 3.02. The Balaban J connectivity index is 1.73. The van der Waals surface area contributed by atoms with E-state index in [1.807, 2.05) is 18.2 Å². The number of nitrogens with one attached hydrogen (secondary N) is 1. The third-order valence-corrected chi connectivity index (χ3v) is 4.23. The predicted molar refractivity (Wildman–Crippen MR) is 86.2 cm³/mol. The Morgan fingerprint density at radius 1 is 1.27 bits per heavy atom. The highest BCUT2D eigenvalue weighted by Gasteiger charge is 2.27. The van der Waals surface area contributed by atoms with Crippen molar-refractivity contribution in [2.45, 2.75) is 38.1 Å². The molecule has 5 heteroatoms. The maximum atomic E-state index is 12.0. The van der Waals surface area contributed by atoms with Gasteiger partial charge in [0.15, 0.2) is 11.5 Å². The van der Waals surface area contributed by atoms with Crippen molar-refractivity contribution in [2.24, 2.45) is 11.7 Å². The van der Waals surface area contributed by atoms with Gasteiger partial charge in [0.1, 0.15) is 0 Å². The van der Waals surface area contributed by atoms with Crippen LogP contribution in [0, 0.1) is 5.92 Å². The minimum Gasteiger partial charge on any atom is -0.493 e. The number of aryl methyl sites for hydroxylation is 1. The second-order valence-electron chi connectivity index (χ2n) is 5.85. The van der Waals surface area contributed by atoms with Gasteiger partial charge in [-0.15, -0.1) is 0 Å². The normalized spacial score (nSPS) is 20.7. The lowest BCUT2D eigenvalue weighted by atomic mass is 10.1. The molecule has 1 aromatic carbocycles. The Hall–Kier alpha value is -1.75. The highest BCUT2D eigenvalue weighted by atomic mass is 16.5. The minimum atomic E-state index is 0.107. The van der Waals surface area contributed by atoms with E-state index in [9.17, 15) is 4.79 Å². The van der Waals surface area contributed by atoms with Crippen molar-refractivity contribution in [1.29, 1.82) is 0 Å². The van der Waals surface area contributed by atoms with E-state index in [4.69, 9.17) is 15.2 Å². The third-order valence-electron chi connectivity index (χ3n) is 4.23. The molecule has 122 valence electrons. The van der Waals surface area contributed by atoms with E-state index in [-0.39, 0.29) is 17.9 Å². The van der Waals surface area contributed by atoms with Gasteiger partial charge in [0.2, 0.25) is 5.91 Å². The molecule has 2 atom stereocenters. The number of ether oxygens (including phenoxy) is 2. The van der Waals surface area contributed by atoms with Crippen LogP contribution in [-0.2, 0) is 11.2 Å². The van der Waals surface area contributed by atoms with Gasteiger partial charge in [0.25, 0.3) is 0 Å². The Bertz CT molecular complexity index is 505. The molecule has 1 aliphatic carbocycles. The number of carbonyl (C=O) groups excluding carboxylic acids is 1. The maximum absolute atomic E-state index is 12.0. The van der Waals surface area contributed by atoms with Gasteiger partial charge < -0.3 is 20.5 Å². The van der Waals surface area contributed by atoms with E-state index in [2.05, 4.69) is 5.32 Å². The van der Waals surface area contributed by atoms with E-state index >= 15 is 0 Å². The summed E-state index contributed by atoms with van der Waals surface area (Å²) in [5.41, 5.74) is 7.02. The van der Waals surface area contributed by atoms with E-state index < -0.39 is 0 Å². The molecule has 2 unspecified atom stereocenters. The molecule has 22 heavy (non-hydrogen) atoms. The van der Waals surface area contributed by atoms with Crippen molar-refractivity contribution in [1.82, 2.24) is 5.32 Å². The van der Waals surface area contributed by atoms with Crippen LogP contribution in [0.4, 0.5) is 0 Å². The summed E-state index contributed by atoms with van der Waals surface area (Å²) in [6.45, 7) is 0.693. The van der Waals surface area contributed by atoms with Crippen LogP contribution in [-0.4, -0.2) is 32.7 Å². The lowest BCUT2D eigenvalue weighted by Crippen LogP contribution is -2.31. The Kier molecular flexibility index (Phi) is 6.07. The standard InChI is InChI=1S/C17H26N2O3/c1-21-15-8-5-12(10-16(15)22-2)4-3-9-19-17(20)13-6-7-14(18)11-13/h5,8,10,13-14H,3-4,6-7,9,11,18H2,1-2H3,(H,19,20). The number of methoxy groups -OCH3 is 2. The zero-order valence-corrected chi connectivity index (χ0v) is 13.4. The van der Waals surface area contributed by atoms with Crippen LogP contribution in [0.25, 0.3) is 0 Å². The van der Waals surface area contributed by atoms with Gasteiger partial charge in [-0.25, -0.2) is 0 Å². The lowest BCUT2D eigenvalue weighted by molar-refractivity contribution is -0.124. The molecule has 0 aliphatic heterocycles. The summed E-state index contributed by atoms with van der Waals surface area (Å²) >= 11 is 0. The molecule has 0 aromatic heterocycles. The average Bonchev–Trinajstić information content (AvgIpc) is 2.97. The topological polar surface area (TPSA) is 73.6 Å². The molecule has 0 heterocycles. The van der Waals surface area contributed by atoms with Gasteiger partial charge in [0, 0.05) is 18.5 Å². The molecule has 0 radical (unpaired) electrons. The van der Waals surface area contributed by atoms with Gasteiger partial charge in [-0.3, -0.25) is 4.79 Å². The molecule has 1 aromatic rings. The Morgan fingerprint density at radius 3 is 2.68 bits per heavy atom. The number of amides is 1. The fraction of sp³-hybridized carbons (Fsp3) is 0.588. The number of carbonyl (C=O) groups is 1. The number of rotatable bonds is 7. The third kappa shape index (κ3) is 4.37. The van der Waals surface area contributed by atoms with Crippen LogP contribution in [0.5, 0.6) is 11.5 Å². The monoisotopic (exact) mass is 306 g/mol.